The van der Waals surface area contributed by atoms with Crippen LogP contribution in [0.25, 0.3) is 0 Å². The molecule has 0 radical (unpaired) electrons. The van der Waals surface area contributed by atoms with E-state index < -0.39 is 0 Å². The molecule has 0 spiro atoms. The van der Waals surface area contributed by atoms with Crippen LogP contribution in [0.3, 0.4) is 0 Å². The third-order valence-electron chi connectivity index (χ3n) is 4.37. The van der Waals surface area contributed by atoms with Crippen molar-refractivity contribution in [3.8, 4) is 0 Å². The van der Waals surface area contributed by atoms with Gasteiger partial charge in [-0.3, -0.25) is 9.59 Å². The van der Waals surface area contributed by atoms with Crippen molar-refractivity contribution in [3.63, 3.8) is 0 Å². The lowest BCUT2D eigenvalue weighted by atomic mass is 10.1. The predicted molar refractivity (Wildman–Crippen MR) is 97.6 cm³/mol. The number of aryl methyl sites for hydroxylation is 1. The van der Waals surface area contributed by atoms with Crippen molar-refractivity contribution in [2.45, 2.75) is 13.5 Å². The predicted octanol–water partition coefficient (Wildman–Crippen LogP) is 1.97. The minimum atomic E-state index is -0.0963. The SMILES string of the molecule is Cc1ccc(C(=O)NCc2ccc(C(=O)N3CCNCC3)cc2)cc1. The Balaban J connectivity index is 1.56. The van der Waals surface area contributed by atoms with Gasteiger partial charge in [-0.15, -0.1) is 0 Å². The van der Waals surface area contributed by atoms with E-state index in [9.17, 15) is 9.59 Å². The molecule has 0 atom stereocenters. The fraction of sp³-hybridized carbons (Fsp3) is 0.300. The molecule has 0 unspecified atom stereocenters. The molecule has 130 valence electrons. The van der Waals surface area contributed by atoms with Crippen LogP contribution >= 0.6 is 0 Å². The lowest BCUT2D eigenvalue weighted by Crippen LogP contribution is -2.46. The van der Waals surface area contributed by atoms with Crippen LogP contribution in [0.2, 0.25) is 0 Å². The average Bonchev–Trinajstić information content (AvgIpc) is 2.67. The molecule has 1 aliphatic heterocycles. The summed E-state index contributed by atoms with van der Waals surface area (Å²) in [6.07, 6.45) is 0. The highest BCUT2D eigenvalue weighted by atomic mass is 16.2. The maximum absolute atomic E-state index is 12.4. The van der Waals surface area contributed by atoms with Gasteiger partial charge in [0.25, 0.3) is 11.8 Å². The molecule has 1 aliphatic rings. The monoisotopic (exact) mass is 337 g/mol. The molecule has 5 nitrogen and oxygen atoms in total. The van der Waals surface area contributed by atoms with E-state index in [1.54, 1.807) is 0 Å². The van der Waals surface area contributed by atoms with Crippen molar-refractivity contribution in [3.05, 3.63) is 70.8 Å². The van der Waals surface area contributed by atoms with Crippen LogP contribution in [0.5, 0.6) is 0 Å². The van der Waals surface area contributed by atoms with E-state index in [4.69, 9.17) is 0 Å². The first kappa shape index (κ1) is 17.2. The van der Waals surface area contributed by atoms with Crippen LogP contribution < -0.4 is 10.6 Å². The van der Waals surface area contributed by atoms with Crippen LogP contribution in [-0.2, 0) is 6.54 Å². The zero-order valence-electron chi connectivity index (χ0n) is 14.4. The molecule has 2 N–H and O–H groups in total. The van der Waals surface area contributed by atoms with Crippen molar-refractivity contribution >= 4 is 11.8 Å². The lowest BCUT2D eigenvalue weighted by Gasteiger charge is -2.27. The maximum atomic E-state index is 12.4. The summed E-state index contributed by atoms with van der Waals surface area (Å²) in [6.45, 7) is 5.60. The Hall–Kier alpha value is -2.66. The normalized spacial score (nSPS) is 14.2. The van der Waals surface area contributed by atoms with E-state index >= 15 is 0 Å². The fourth-order valence-electron chi connectivity index (χ4n) is 2.81. The number of piperazine rings is 1. The summed E-state index contributed by atoms with van der Waals surface area (Å²) in [5.74, 6) is -0.0299. The van der Waals surface area contributed by atoms with Crippen molar-refractivity contribution in [2.24, 2.45) is 0 Å². The molecule has 0 aromatic heterocycles. The van der Waals surface area contributed by atoms with Crippen LogP contribution in [-0.4, -0.2) is 42.9 Å². The van der Waals surface area contributed by atoms with Gasteiger partial charge in [-0.2, -0.15) is 0 Å². The number of carbonyl (C=O) groups is 2. The van der Waals surface area contributed by atoms with Gasteiger partial charge in [0.2, 0.25) is 0 Å². The smallest absolute Gasteiger partial charge is 0.253 e. The first-order chi connectivity index (χ1) is 12.1. The molecule has 0 aliphatic carbocycles. The zero-order chi connectivity index (χ0) is 17.6. The first-order valence-corrected chi connectivity index (χ1v) is 8.57. The number of rotatable bonds is 4. The number of carbonyl (C=O) groups excluding carboxylic acids is 2. The van der Waals surface area contributed by atoms with E-state index in [0.29, 0.717) is 17.7 Å². The summed E-state index contributed by atoms with van der Waals surface area (Å²) in [5.41, 5.74) is 3.44. The first-order valence-electron chi connectivity index (χ1n) is 8.57. The molecule has 2 amide bonds. The van der Waals surface area contributed by atoms with Gasteiger partial charge in [0.1, 0.15) is 0 Å². The lowest BCUT2D eigenvalue weighted by molar-refractivity contribution is 0.0735. The third kappa shape index (κ3) is 4.45. The largest absolute Gasteiger partial charge is 0.348 e. The second-order valence-corrected chi connectivity index (χ2v) is 6.29. The Morgan fingerprint density at radius 3 is 2.20 bits per heavy atom. The molecule has 1 fully saturated rings. The Labute approximate surface area is 148 Å². The van der Waals surface area contributed by atoms with Crippen molar-refractivity contribution < 1.29 is 9.59 Å². The number of nitrogens with zero attached hydrogens (tertiary/aromatic N) is 1. The van der Waals surface area contributed by atoms with Gasteiger partial charge in [-0.25, -0.2) is 0 Å². The molecule has 25 heavy (non-hydrogen) atoms. The maximum Gasteiger partial charge on any atom is 0.253 e. The molecule has 2 aromatic carbocycles. The number of hydrogen-bond acceptors (Lipinski definition) is 3. The summed E-state index contributed by atoms with van der Waals surface area (Å²) in [6, 6.07) is 14.9. The molecule has 2 aromatic rings. The van der Waals surface area contributed by atoms with Crippen molar-refractivity contribution in [1.82, 2.24) is 15.5 Å². The van der Waals surface area contributed by atoms with Gasteiger partial charge in [0, 0.05) is 43.9 Å². The van der Waals surface area contributed by atoms with Crippen LogP contribution in [0.15, 0.2) is 48.5 Å². The summed E-state index contributed by atoms with van der Waals surface area (Å²) in [4.78, 5) is 26.4. The van der Waals surface area contributed by atoms with Gasteiger partial charge in [0.05, 0.1) is 0 Å². The van der Waals surface area contributed by atoms with Gasteiger partial charge < -0.3 is 15.5 Å². The van der Waals surface area contributed by atoms with Crippen molar-refractivity contribution in [1.29, 1.82) is 0 Å². The Kier molecular flexibility index (Phi) is 5.46. The highest BCUT2D eigenvalue weighted by Gasteiger charge is 2.17. The molecule has 1 saturated heterocycles. The fourth-order valence-corrected chi connectivity index (χ4v) is 2.81. The van der Waals surface area contributed by atoms with Gasteiger partial charge >= 0.3 is 0 Å². The van der Waals surface area contributed by atoms with E-state index in [2.05, 4.69) is 10.6 Å². The Bertz CT molecular complexity index is 733. The summed E-state index contributed by atoms with van der Waals surface area (Å²) in [7, 11) is 0. The summed E-state index contributed by atoms with van der Waals surface area (Å²) in [5, 5.41) is 6.14. The third-order valence-corrected chi connectivity index (χ3v) is 4.37. The minimum absolute atomic E-state index is 0.0664. The average molecular weight is 337 g/mol. The summed E-state index contributed by atoms with van der Waals surface area (Å²) >= 11 is 0. The van der Waals surface area contributed by atoms with Crippen LogP contribution in [0.4, 0.5) is 0 Å². The van der Waals surface area contributed by atoms with Gasteiger partial charge in [0.15, 0.2) is 0 Å². The molecule has 5 heteroatoms. The standard InChI is InChI=1S/C20H23N3O2/c1-15-2-6-17(7-3-15)19(24)22-14-16-4-8-18(9-5-16)20(25)23-12-10-21-11-13-23/h2-9,21H,10-14H2,1H3,(H,22,24). The molecular weight excluding hydrogens is 314 g/mol. The highest BCUT2D eigenvalue weighted by molar-refractivity contribution is 5.95. The van der Waals surface area contributed by atoms with Gasteiger partial charge in [-0.1, -0.05) is 29.8 Å². The molecular formula is C20H23N3O2. The van der Waals surface area contributed by atoms with E-state index in [0.717, 1.165) is 37.3 Å². The quantitative estimate of drug-likeness (QED) is 0.897. The zero-order valence-corrected chi connectivity index (χ0v) is 14.4. The van der Waals surface area contributed by atoms with Crippen LogP contribution in [0, 0.1) is 6.92 Å². The number of benzene rings is 2. The topological polar surface area (TPSA) is 61.4 Å². The summed E-state index contributed by atoms with van der Waals surface area (Å²) < 4.78 is 0. The molecule has 0 bridgehead atoms. The second kappa shape index (κ2) is 7.94. The number of amides is 2. The van der Waals surface area contributed by atoms with E-state index in [1.807, 2.05) is 60.4 Å². The van der Waals surface area contributed by atoms with Crippen molar-refractivity contribution in [2.75, 3.05) is 26.2 Å². The van der Waals surface area contributed by atoms with E-state index in [1.165, 1.54) is 0 Å². The number of nitrogens with one attached hydrogen (secondary N) is 2. The molecule has 0 saturated carbocycles. The van der Waals surface area contributed by atoms with E-state index in [-0.39, 0.29) is 11.8 Å². The molecule has 1 heterocycles. The van der Waals surface area contributed by atoms with Crippen LogP contribution in [0.1, 0.15) is 31.8 Å². The Morgan fingerprint density at radius 2 is 1.56 bits per heavy atom. The van der Waals surface area contributed by atoms with Gasteiger partial charge in [-0.05, 0) is 36.8 Å². The minimum Gasteiger partial charge on any atom is -0.348 e. The highest BCUT2D eigenvalue weighted by Crippen LogP contribution is 2.09. The molecule has 3 rings (SSSR count). The second-order valence-electron chi connectivity index (χ2n) is 6.29. The number of hydrogen-bond donors (Lipinski definition) is 2. The Morgan fingerprint density at radius 1 is 0.960 bits per heavy atom.